The predicted octanol–water partition coefficient (Wildman–Crippen LogP) is 4.37. The molecule has 1 heteroatoms. The Morgan fingerprint density at radius 2 is 1.47 bits per heavy atom. The van der Waals surface area contributed by atoms with Gasteiger partial charge in [-0.15, -0.1) is 0 Å². The minimum absolute atomic E-state index is 0. The molecule has 0 bridgehead atoms. The first kappa shape index (κ1) is 16.3. The maximum absolute atomic E-state index is 3.83. The zero-order chi connectivity index (χ0) is 11.6. The zero-order valence-electron chi connectivity index (χ0n) is 9.77. The Bertz CT molecular complexity index is 391. The van der Waals surface area contributed by atoms with Gasteiger partial charge in [-0.3, -0.25) is 0 Å². The van der Waals surface area contributed by atoms with Crippen molar-refractivity contribution in [2.45, 2.75) is 0 Å². The first-order valence-electron chi connectivity index (χ1n) is 5.12. The van der Waals surface area contributed by atoms with Gasteiger partial charge in [-0.25, -0.2) is 0 Å². The number of allylic oxidation sites excluding steroid dienone is 2. The molecule has 2 aromatic carbocycles. The van der Waals surface area contributed by atoms with Gasteiger partial charge in [0.2, 0.25) is 0 Å². The maximum Gasteiger partial charge on any atom is 0 e. The van der Waals surface area contributed by atoms with E-state index in [0.717, 1.165) is 11.1 Å². The molecule has 0 atom stereocenters. The molecule has 0 radical (unpaired) electrons. The summed E-state index contributed by atoms with van der Waals surface area (Å²) in [5, 5.41) is 0. The van der Waals surface area contributed by atoms with Gasteiger partial charge in [0.25, 0.3) is 0 Å². The number of hydrogen-bond acceptors (Lipinski definition) is 0. The standard InChI is InChI=1S/C10H10.C6H5.Ce/c1-3-9(2)10-7-5-4-6-8-10;1-2-4-6-5-3-1;/h3-8H,1-2H2;1-5H;/q;-1;. The summed E-state index contributed by atoms with van der Waals surface area (Å²) in [6.07, 6.45) is 1.76. The number of hydrogen-bond donors (Lipinski definition) is 0. The Labute approximate surface area is 137 Å². The van der Waals surface area contributed by atoms with Crippen LogP contribution in [0.2, 0.25) is 0 Å². The fourth-order valence-corrected chi connectivity index (χ4v) is 1.11. The van der Waals surface area contributed by atoms with Crippen molar-refractivity contribution in [1.29, 1.82) is 0 Å². The molecule has 0 fully saturated rings. The molecule has 0 N–H and O–H groups in total. The third-order valence-corrected chi connectivity index (χ3v) is 2.00. The van der Waals surface area contributed by atoms with Gasteiger partial charge >= 0.3 is 0 Å². The Hall–Kier alpha value is -0.703. The van der Waals surface area contributed by atoms with E-state index < -0.39 is 0 Å². The molecule has 2 rings (SSSR count). The van der Waals surface area contributed by atoms with E-state index in [1.54, 1.807) is 6.08 Å². The van der Waals surface area contributed by atoms with Gasteiger partial charge in [0.05, 0.1) is 0 Å². The second-order valence-corrected chi connectivity index (χ2v) is 3.17. The summed E-state index contributed by atoms with van der Waals surface area (Å²) >= 11 is 0. The third kappa shape index (κ3) is 7.26. The van der Waals surface area contributed by atoms with Crippen LogP contribution in [-0.2, 0) is 0 Å². The van der Waals surface area contributed by atoms with Crippen LogP contribution >= 0.6 is 0 Å². The average molecular weight is 347 g/mol. The molecule has 0 nitrogen and oxygen atoms in total. The van der Waals surface area contributed by atoms with Crippen molar-refractivity contribution >= 4 is 5.57 Å². The quantitative estimate of drug-likeness (QED) is 0.559. The van der Waals surface area contributed by atoms with Crippen molar-refractivity contribution in [3.8, 4) is 0 Å². The fourth-order valence-electron chi connectivity index (χ4n) is 1.11. The summed E-state index contributed by atoms with van der Waals surface area (Å²) in [6.45, 7) is 7.46. The van der Waals surface area contributed by atoms with E-state index in [1.807, 2.05) is 60.7 Å². The van der Waals surface area contributed by atoms with Gasteiger partial charge in [-0.2, -0.15) is 36.4 Å². The summed E-state index contributed by atoms with van der Waals surface area (Å²) < 4.78 is 0. The van der Waals surface area contributed by atoms with Crippen LogP contribution in [0.25, 0.3) is 5.57 Å². The van der Waals surface area contributed by atoms with Crippen LogP contribution < -0.4 is 0 Å². The van der Waals surface area contributed by atoms with Crippen LogP contribution in [0.5, 0.6) is 0 Å². The van der Waals surface area contributed by atoms with Crippen molar-refractivity contribution in [3.05, 3.63) is 91.5 Å². The van der Waals surface area contributed by atoms with E-state index in [2.05, 4.69) is 19.2 Å². The maximum atomic E-state index is 3.83. The monoisotopic (exact) mass is 347 g/mol. The van der Waals surface area contributed by atoms with Gasteiger partial charge in [0, 0.05) is 41.7 Å². The van der Waals surface area contributed by atoms with Gasteiger partial charge in [0.1, 0.15) is 0 Å². The molecular formula is C16H15Ce-. The first-order valence-corrected chi connectivity index (χ1v) is 5.12. The molecule has 0 heterocycles. The van der Waals surface area contributed by atoms with Crippen molar-refractivity contribution in [3.63, 3.8) is 0 Å². The molecule has 0 saturated heterocycles. The second kappa shape index (κ2) is 10.5. The number of benzene rings is 2. The van der Waals surface area contributed by atoms with Gasteiger partial charge < -0.3 is 0 Å². The Morgan fingerprint density at radius 3 is 1.82 bits per heavy atom. The third-order valence-electron chi connectivity index (χ3n) is 2.00. The van der Waals surface area contributed by atoms with E-state index in [1.165, 1.54) is 0 Å². The van der Waals surface area contributed by atoms with Crippen molar-refractivity contribution in [2.75, 3.05) is 0 Å². The van der Waals surface area contributed by atoms with Crippen LogP contribution in [0.3, 0.4) is 0 Å². The molecule has 0 aliphatic rings. The molecule has 0 unspecified atom stereocenters. The topological polar surface area (TPSA) is 0 Å². The number of rotatable bonds is 2. The van der Waals surface area contributed by atoms with Gasteiger partial charge in [-0.05, 0) is 11.1 Å². The molecule has 17 heavy (non-hydrogen) atoms. The molecule has 84 valence electrons. The van der Waals surface area contributed by atoms with E-state index in [0.29, 0.717) is 0 Å². The summed E-state index contributed by atoms with van der Waals surface area (Å²) in [5.41, 5.74) is 2.11. The molecular weight excluding hydrogens is 332 g/mol. The smallest absolute Gasteiger partial charge is 0 e. The summed E-state index contributed by atoms with van der Waals surface area (Å²) in [7, 11) is 0. The van der Waals surface area contributed by atoms with Crippen molar-refractivity contribution in [2.24, 2.45) is 0 Å². The van der Waals surface area contributed by atoms with Gasteiger partial charge in [-0.1, -0.05) is 49.6 Å². The molecule has 0 spiro atoms. The van der Waals surface area contributed by atoms with Crippen LogP contribution in [0.1, 0.15) is 5.56 Å². The molecule has 0 amide bonds. The van der Waals surface area contributed by atoms with E-state index in [-0.39, 0.29) is 41.7 Å². The van der Waals surface area contributed by atoms with Crippen LogP contribution in [-0.4, -0.2) is 0 Å². The molecule has 0 aromatic heterocycles. The molecule has 0 aliphatic carbocycles. The van der Waals surface area contributed by atoms with Crippen LogP contribution in [0.15, 0.2) is 79.9 Å². The van der Waals surface area contributed by atoms with Crippen molar-refractivity contribution < 1.29 is 41.7 Å². The van der Waals surface area contributed by atoms with Crippen LogP contribution in [0.4, 0.5) is 0 Å². The van der Waals surface area contributed by atoms with Gasteiger partial charge in [0.15, 0.2) is 0 Å². The molecule has 0 aliphatic heterocycles. The fraction of sp³-hybridized carbons (Fsp3) is 0. The normalized spacial score (nSPS) is 8.00. The largest absolute Gasteiger partial charge is 0.184 e. The summed E-state index contributed by atoms with van der Waals surface area (Å²) in [6, 6.07) is 22.5. The van der Waals surface area contributed by atoms with E-state index in [9.17, 15) is 0 Å². The minimum atomic E-state index is 0. The van der Waals surface area contributed by atoms with E-state index in [4.69, 9.17) is 0 Å². The SMILES string of the molecule is C=CC(=C)c1ccccc1.[Ce].[c-]1ccccc1. The average Bonchev–Trinajstić information content (AvgIpc) is 2.41. The minimum Gasteiger partial charge on any atom is -0.184 e. The molecule has 0 saturated carbocycles. The Balaban J connectivity index is 0.000000316. The second-order valence-electron chi connectivity index (χ2n) is 3.17. The van der Waals surface area contributed by atoms with Crippen LogP contribution in [0, 0.1) is 47.8 Å². The Kier molecular flexibility index (Phi) is 10.0. The summed E-state index contributed by atoms with van der Waals surface area (Å²) in [4.78, 5) is 0. The predicted molar refractivity (Wildman–Crippen MR) is 71.0 cm³/mol. The zero-order valence-corrected chi connectivity index (χ0v) is 12.9. The van der Waals surface area contributed by atoms with E-state index >= 15 is 0 Å². The first-order chi connectivity index (χ1) is 7.84. The Morgan fingerprint density at radius 1 is 0.941 bits per heavy atom. The molecule has 2 aromatic rings. The summed E-state index contributed by atoms with van der Waals surface area (Å²) in [5.74, 6) is 0. The van der Waals surface area contributed by atoms with Crippen molar-refractivity contribution in [1.82, 2.24) is 0 Å².